The van der Waals surface area contributed by atoms with E-state index in [-0.39, 0.29) is 11.7 Å². The smallest absolute Gasteiger partial charge is 0.258 e. The Hall–Kier alpha value is -1.95. The molecule has 0 bridgehead atoms. The van der Waals surface area contributed by atoms with Crippen molar-refractivity contribution in [2.45, 2.75) is 36.4 Å². The lowest BCUT2D eigenvalue weighted by atomic mass is 10.2. The maximum absolute atomic E-state index is 12.2. The monoisotopic (exact) mass is 434 g/mol. The Labute approximate surface area is 175 Å². The van der Waals surface area contributed by atoms with Crippen molar-refractivity contribution in [3.63, 3.8) is 0 Å². The average Bonchev–Trinajstić information content (AvgIpc) is 3.49. The number of rotatable bonds is 6. The summed E-state index contributed by atoms with van der Waals surface area (Å²) < 4.78 is 15.1. The number of hydrogen-bond donors (Lipinski definition) is 0. The first-order valence-corrected chi connectivity index (χ1v) is 11.6. The molecule has 1 atom stereocenters. The van der Waals surface area contributed by atoms with Crippen LogP contribution in [0, 0.1) is 0 Å². The van der Waals surface area contributed by atoms with E-state index in [4.69, 9.17) is 9.47 Å². The Bertz CT molecular complexity index is 1040. The number of thiazole rings is 1. The Balaban J connectivity index is 1.38. The fraction of sp³-hybridized carbons (Fsp3) is 0.556. The van der Waals surface area contributed by atoms with Crippen LogP contribution in [0.2, 0.25) is 0 Å². The van der Waals surface area contributed by atoms with E-state index in [0.29, 0.717) is 23.9 Å². The first-order chi connectivity index (χ1) is 14.3. The molecule has 9 nitrogen and oxygen atoms in total. The highest BCUT2D eigenvalue weighted by molar-refractivity contribution is 7.98. The van der Waals surface area contributed by atoms with Crippen molar-refractivity contribution < 1.29 is 9.47 Å². The van der Waals surface area contributed by atoms with Gasteiger partial charge in [-0.05, 0) is 12.8 Å². The van der Waals surface area contributed by atoms with Crippen molar-refractivity contribution in [1.29, 1.82) is 0 Å². The van der Waals surface area contributed by atoms with Crippen LogP contribution >= 0.6 is 23.1 Å². The molecule has 1 unspecified atom stereocenters. The minimum atomic E-state index is -0.0540. The first kappa shape index (κ1) is 19.0. The van der Waals surface area contributed by atoms with E-state index in [1.165, 1.54) is 11.3 Å². The van der Waals surface area contributed by atoms with Crippen LogP contribution < -0.4 is 10.5 Å². The lowest BCUT2D eigenvalue weighted by molar-refractivity contribution is 0.0942. The van der Waals surface area contributed by atoms with Crippen LogP contribution in [0.25, 0.3) is 4.96 Å². The first-order valence-electron chi connectivity index (χ1n) is 9.74. The SMILES string of the molecule is O=c1cc(CSc2nnc(N3CCOCC3)n2CC2CCCO2)nc2sccn12. The van der Waals surface area contributed by atoms with Gasteiger partial charge in [-0.1, -0.05) is 11.8 Å². The van der Waals surface area contributed by atoms with E-state index in [9.17, 15) is 4.79 Å². The molecule has 2 aliphatic heterocycles. The van der Waals surface area contributed by atoms with Crippen LogP contribution in [-0.2, 0) is 21.8 Å². The molecular formula is C18H22N6O3S2. The summed E-state index contributed by atoms with van der Waals surface area (Å²) in [6.07, 6.45) is 4.09. The quantitative estimate of drug-likeness (QED) is 0.542. The van der Waals surface area contributed by atoms with E-state index in [1.54, 1.807) is 28.4 Å². The molecule has 5 rings (SSSR count). The molecule has 2 saturated heterocycles. The maximum atomic E-state index is 12.2. The van der Waals surface area contributed by atoms with E-state index >= 15 is 0 Å². The zero-order chi connectivity index (χ0) is 19.6. The number of hydrogen-bond acceptors (Lipinski definition) is 9. The summed E-state index contributed by atoms with van der Waals surface area (Å²) in [5, 5.41) is 11.6. The van der Waals surface area contributed by atoms with Gasteiger partial charge in [0, 0.05) is 43.1 Å². The van der Waals surface area contributed by atoms with Gasteiger partial charge in [-0.2, -0.15) is 0 Å². The zero-order valence-electron chi connectivity index (χ0n) is 15.9. The number of nitrogens with zero attached hydrogens (tertiary/aromatic N) is 6. The van der Waals surface area contributed by atoms with Crippen LogP contribution in [0.5, 0.6) is 0 Å². The maximum Gasteiger partial charge on any atom is 0.258 e. The molecule has 0 amide bonds. The molecule has 0 N–H and O–H groups in total. The highest BCUT2D eigenvalue weighted by atomic mass is 32.2. The van der Waals surface area contributed by atoms with Gasteiger partial charge in [-0.3, -0.25) is 13.8 Å². The van der Waals surface area contributed by atoms with Crippen molar-refractivity contribution in [1.82, 2.24) is 24.1 Å². The van der Waals surface area contributed by atoms with E-state index < -0.39 is 0 Å². The lowest BCUT2D eigenvalue weighted by Gasteiger charge is -2.28. The predicted octanol–water partition coefficient (Wildman–Crippen LogP) is 1.66. The van der Waals surface area contributed by atoms with Gasteiger partial charge in [0.05, 0.1) is 31.6 Å². The van der Waals surface area contributed by atoms with Crippen molar-refractivity contribution in [2.24, 2.45) is 0 Å². The van der Waals surface area contributed by atoms with Crippen LogP contribution in [0.3, 0.4) is 0 Å². The van der Waals surface area contributed by atoms with Crippen LogP contribution in [0.15, 0.2) is 27.6 Å². The average molecular weight is 435 g/mol. The molecule has 2 fully saturated rings. The topological polar surface area (TPSA) is 86.8 Å². The molecule has 154 valence electrons. The summed E-state index contributed by atoms with van der Waals surface area (Å²) in [5.41, 5.74) is 0.698. The number of morpholine rings is 1. The summed E-state index contributed by atoms with van der Waals surface area (Å²) in [6, 6.07) is 1.59. The zero-order valence-corrected chi connectivity index (χ0v) is 17.5. The summed E-state index contributed by atoms with van der Waals surface area (Å²) in [4.78, 5) is 19.8. The summed E-state index contributed by atoms with van der Waals surface area (Å²) >= 11 is 3.02. The number of ether oxygens (including phenoxy) is 2. The van der Waals surface area contributed by atoms with Crippen molar-refractivity contribution in [3.05, 3.63) is 33.7 Å². The minimum absolute atomic E-state index is 0.0540. The molecule has 11 heteroatoms. The summed E-state index contributed by atoms with van der Waals surface area (Å²) in [6.45, 7) is 4.57. The fourth-order valence-corrected chi connectivity index (χ4v) is 5.21. The third kappa shape index (κ3) is 4.04. The van der Waals surface area contributed by atoms with Crippen LogP contribution in [-0.4, -0.2) is 63.2 Å². The predicted molar refractivity (Wildman–Crippen MR) is 111 cm³/mol. The van der Waals surface area contributed by atoms with Crippen molar-refractivity contribution >= 4 is 34.0 Å². The fourth-order valence-electron chi connectivity index (χ4n) is 3.64. The largest absolute Gasteiger partial charge is 0.378 e. The second-order valence-electron chi connectivity index (χ2n) is 7.06. The molecule has 29 heavy (non-hydrogen) atoms. The number of aromatic nitrogens is 5. The summed E-state index contributed by atoms with van der Waals surface area (Å²) in [5.74, 6) is 1.43. The Kier molecular flexibility index (Phi) is 5.53. The van der Waals surface area contributed by atoms with Gasteiger partial charge in [0.1, 0.15) is 0 Å². The molecule has 0 saturated carbocycles. The normalized spacial score (nSPS) is 20.0. The molecule has 0 spiro atoms. The molecule has 5 heterocycles. The second-order valence-corrected chi connectivity index (χ2v) is 8.87. The Morgan fingerprint density at radius 3 is 2.97 bits per heavy atom. The van der Waals surface area contributed by atoms with Gasteiger partial charge in [-0.25, -0.2) is 4.98 Å². The molecule has 0 radical (unpaired) electrons. The third-order valence-corrected chi connectivity index (χ3v) is 6.86. The Morgan fingerprint density at radius 1 is 1.24 bits per heavy atom. The molecule has 0 aromatic carbocycles. The summed E-state index contributed by atoms with van der Waals surface area (Å²) in [7, 11) is 0. The molecule has 3 aromatic heterocycles. The van der Waals surface area contributed by atoms with E-state index in [2.05, 4.69) is 24.6 Å². The number of thioether (sulfide) groups is 1. The Morgan fingerprint density at radius 2 is 2.14 bits per heavy atom. The van der Waals surface area contributed by atoms with Crippen molar-refractivity contribution in [3.8, 4) is 0 Å². The van der Waals surface area contributed by atoms with Gasteiger partial charge >= 0.3 is 0 Å². The second kappa shape index (κ2) is 8.42. The standard InChI is InChI=1S/C18H22N6O3S2/c25-15-10-13(19-17-23(15)5-9-28-17)12-29-18-21-20-16(22-3-7-26-8-4-22)24(18)11-14-2-1-6-27-14/h5,9-10,14H,1-4,6-8,11-12H2. The van der Waals surface area contributed by atoms with E-state index in [0.717, 1.165) is 55.9 Å². The van der Waals surface area contributed by atoms with Crippen LogP contribution in [0.4, 0.5) is 5.95 Å². The van der Waals surface area contributed by atoms with Crippen LogP contribution in [0.1, 0.15) is 18.5 Å². The van der Waals surface area contributed by atoms with Gasteiger partial charge < -0.3 is 14.4 Å². The molecule has 3 aromatic rings. The number of anilines is 1. The highest BCUT2D eigenvalue weighted by Gasteiger charge is 2.25. The molecular weight excluding hydrogens is 412 g/mol. The molecule has 0 aliphatic carbocycles. The number of fused-ring (bicyclic) bond motifs is 1. The van der Waals surface area contributed by atoms with Gasteiger partial charge in [-0.15, -0.1) is 21.5 Å². The van der Waals surface area contributed by atoms with Gasteiger partial charge in [0.15, 0.2) is 10.1 Å². The molecule has 2 aliphatic rings. The third-order valence-electron chi connectivity index (χ3n) is 5.11. The highest BCUT2D eigenvalue weighted by Crippen LogP contribution is 2.27. The minimum Gasteiger partial charge on any atom is -0.378 e. The van der Waals surface area contributed by atoms with Gasteiger partial charge in [0.25, 0.3) is 5.56 Å². The van der Waals surface area contributed by atoms with Crippen molar-refractivity contribution in [2.75, 3.05) is 37.8 Å². The lowest BCUT2D eigenvalue weighted by Crippen LogP contribution is -2.38. The van der Waals surface area contributed by atoms with E-state index in [1.807, 2.05) is 5.38 Å². The van der Waals surface area contributed by atoms with Gasteiger partial charge in [0.2, 0.25) is 5.95 Å².